The molecule has 0 atom stereocenters. The van der Waals surface area contributed by atoms with Crippen LogP contribution in [0.3, 0.4) is 0 Å². The second-order valence-corrected chi connectivity index (χ2v) is 7.10. The average Bonchev–Trinajstić information content (AvgIpc) is 2.67. The molecule has 0 spiro atoms. The number of amides is 2. The van der Waals surface area contributed by atoms with Gasteiger partial charge in [0, 0.05) is 13.1 Å². The highest BCUT2D eigenvalue weighted by molar-refractivity contribution is 6.04. The van der Waals surface area contributed by atoms with Crippen LogP contribution < -0.4 is 10.6 Å². The first-order valence-corrected chi connectivity index (χ1v) is 9.24. The number of nitrogens with one attached hydrogen (secondary N) is 2. The van der Waals surface area contributed by atoms with Crippen LogP contribution in [-0.4, -0.2) is 24.9 Å². The fourth-order valence-corrected chi connectivity index (χ4v) is 2.66. The lowest BCUT2D eigenvalue weighted by Gasteiger charge is -2.22. The van der Waals surface area contributed by atoms with Gasteiger partial charge in [-0.25, -0.2) is 4.39 Å². The first kappa shape index (κ1) is 20.6. The lowest BCUT2D eigenvalue weighted by atomic mass is 9.91. The zero-order chi connectivity index (χ0) is 19.7. The molecule has 0 unspecified atom stereocenters. The van der Waals surface area contributed by atoms with E-state index in [1.807, 2.05) is 18.2 Å². The van der Waals surface area contributed by atoms with Gasteiger partial charge in [0.1, 0.15) is 11.2 Å². The Kier molecular flexibility index (Phi) is 7.53. The number of aryl methyl sites for hydroxylation is 1. The van der Waals surface area contributed by atoms with Gasteiger partial charge in [0.25, 0.3) is 0 Å². The largest absolute Gasteiger partial charge is 0.355 e. The minimum atomic E-state index is -1.14. The summed E-state index contributed by atoms with van der Waals surface area (Å²) in [7, 11) is 0. The number of carbonyl (C=O) groups is 2. The first-order valence-electron chi connectivity index (χ1n) is 9.24. The number of hydrogen-bond donors (Lipinski definition) is 2. The summed E-state index contributed by atoms with van der Waals surface area (Å²) in [4.78, 5) is 24.7. The van der Waals surface area contributed by atoms with Gasteiger partial charge in [0.15, 0.2) is 0 Å². The molecule has 2 aromatic carbocycles. The molecule has 0 saturated heterocycles. The van der Waals surface area contributed by atoms with E-state index in [1.54, 1.807) is 26.0 Å². The molecular formula is C22H27FN2O2. The van der Waals surface area contributed by atoms with Gasteiger partial charge in [0.2, 0.25) is 11.8 Å². The molecule has 0 aliphatic carbocycles. The Bertz CT molecular complexity index is 743. The molecule has 0 aliphatic rings. The van der Waals surface area contributed by atoms with Crippen LogP contribution in [0.15, 0.2) is 54.6 Å². The summed E-state index contributed by atoms with van der Waals surface area (Å²) in [6, 6.07) is 16.2. The van der Waals surface area contributed by atoms with Crippen LogP contribution in [0, 0.1) is 11.2 Å². The standard InChI is InChI=1S/C22H27FN2O2/c1-22(2,20(26)24-15-6-9-17-7-4-3-5-8-17)21(27)25-16-14-18-10-12-19(23)13-11-18/h3-5,7-8,10-13H,6,9,14-16H2,1-2H3,(H,24,26)(H,25,27). The molecule has 4 nitrogen and oxygen atoms in total. The number of rotatable bonds is 9. The van der Waals surface area contributed by atoms with Crippen LogP contribution in [0.2, 0.25) is 0 Å². The van der Waals surface area contributed by atoms with Crippen LogP contribution >= 0.6 is 0 Å². The van der Waals surface area contributed by atoms with Gasteiger partial charge in [-0.15, -0.1) is 0 Å². The van der Waals surface area contributed by atoms with E-state index in [-0.39, 0.29) is 17.6 Å². The lowest BCUT2D eigenvalue weighted by molar-refractivity contribution is -0.141. The Labute approximate surface area is 160 Å². The molecule has 27 heavy (non-hydrogen) atoms. The van der Waals surface area contributed by atoms with Crippen LogP contribution in [0.25, 0.3) is 0 Å². The Morgan fingerprint density at radius 1 is 0.815 bits per heavy atom. The Morgan fingerprint density at radius 3 is 2.00 bits per heavy atom. The molecular weight excluding hydrogens is 343 g/mol. The molecule has 0 heterocycles. The molecule has 0 saturated carbocycles. The van der Waals surface area contributed by atoms with E-state index in [9.17, 15) is 14.0 Å². The second-order valence-electron chi connectivity index (χ2n) is 7.10. The zero-order valence-corrected chi connectivity index (χ0v) is 15.9. The quantitative estimate of drug-likeness (QED) is 0.526. The third kappa shape index (κ3) is 6.51. The second kappa shape index (κ2) is 9.86. The maximum Gasteiger partial charge on any atom is 0.235 e. The molecule has 2 rings (SSSR count). The summed E-state index contributed by atoms with van der Waals surface area (Å²) in [5.74, 6) is -0.882. The molecule has 0 radical (unpaired) electrons. The molecule has 2 N–H and O–H groups in total. The van der Waals surface area contributed by atoms with Crippen molar-refractivity contribution in [1.29, 1.82) is 0 Å². The Morgan fingerprint density at radius 2 is 1.37 bits per heavy atom. The van der Waals surface area contributed by atoms with Gasteiger partial charge >= 0.3 is 0 Å². The summed E-state index contributed by atoms with van der Waals surface area (Å²) in [6.45, 7) is 4.16. The fraction of sp³-hybridized carbons (Fsp3) is 0.364. The fourth-order valence-electron chi connectivity index (χ4n) is 2.66. The van der Waals surface area contributed by atoms with Crippen LogP contribution in [0.1, 0.15) is 31.4 Å². The smallest absolute Gasteiger partial charge is 0.235 e. The van der Waals surface area contributed by atoms with E-state index >= 15 is 0 Å². The summed E-state index contributed by atoms with van der Waals surface area (Å²) in [5, 5.41) is 5.64. The van der Waals surface area contributed by atoms with E-state index in [0.29, 0.717) is 19.5 Å². The predicted octanol–water partition coefficient (Wildman–Crippen LogP) is 3.26. The van der Waals surface area contributed by atoms with Crippen molar-refractivity contribution in [1.82, 2.24) is 10.6 Å². The first-order chi connectivity index (χ1) is 12.9. The van der Waals surface area contributed by atoms with Crippen LogP contribution in [0.4, 0.5) is 4.39 Å². The van der Waals surface area contributed by atoms with Crippen molar-refractivity contribution < 1.29 is 14.0 Å². The maximum atomic E-state index is 12.9. The van der Waals surface area contributed by atoms with Gasteiger partial charge < -0.3 is 10.6 Å². The third-order valence-corrected chi connectivity index (χ3v) is 4.52. The summed E-state index contributed by atoms with van der Waals surface area (Å²) in [5.41, 5.74) is 1.01. The molecule has 144 valence electrons. The highest BCUT2D eigenvalue weighted by Gasteiger charge is 2.35. The molecule has 0 aromatic heterocycles. The van der Waals surface area contributed by atoms with E-state index < -0.39 is 5.41 Å². The topological polar surface area (TPSA) is 58.2 Å². The highest BCUT2D eigenvalue weighted by Crippen LogP contribution is 2.15. The van der Waals surface area contributed by atoms with E-state index in [0.717, 1.165) is 18.4 Å². The van der Waals surface area contributed by atoms with E-state index in [4.69, 9.17) is 0 Å². The SMILES string of the molecule is CC(C)(C(=O)NCCCc1ccccc1)C(=O)NCCc1ccc(F)cc1. The van der Waals surface area contributed by atoms with Crippen molar-refractivity contribution in [3.8, 4) is 0 Å². The number of benzene rings is 2. The molecule has 0 fully saturated rings. The van der Waals surface area contributed by atoms with Crippen molar-refractivity contribution in [3.63, 3.8) is 0 Å². The van der Waals surface area contributed by atoms with Gasteiger partial charge in [0.05, 0.1) is 0 Å². The van der Waals surface area contributed by atoms with Crippen LogP contribution in [-0.2, 0) is 22.4 Å². The van der Waals surface area contributed by atoms with Gasteiger partial charge in [-0.3, -0.25) is 9.59 Å². The van der Waals surface area contributed by atoms with Gasteiger partial charge in [-0.1, -0.05) is 42.5 Å². The van der Waals surface area contributed by atoms with Gasteiger partial charge in [-0.2, -0.15) is 0 Å². The Hall–Kier alpha value is -2.69. The minimum absolute atomic E-state index is 0.283. The van der Waals surface area contributed by atoms with Crippen molar-refractivity contribution in [2.45, 2.75) is 33.1 Å². The van der Waals surface area contributed by atoms with E-state index in [1.165, 1.54) is 17.7 Å². The van der Waals surface area contributed by atoms with Crippen LogP contribution in [0.5, 0.6) is 0 Å². The van der Waals surface area contributed by atoms with Gasteiger partial charge in [-0.05, 0) is 56.4 Å². The predicted molar refractivity (Wildman–Crippen MR) is 105 cm³/mol. The molecule has 5 heteroatoms. The van der Waals surface area contributed by atoms with Crippen molar-refractivity contribution in [3.05, 3.63) is 71.5 Å². The number of halogens is 1. The summed E-state index contributed by atoms with van der Waals surface area (Å²) >= 11 is 0. The molecule has 2 aromatic rings. The minimum Gasteiger partial charge on any atom is -0.355 e. The average molecular weight is 370 g/mol. The highest BCUT2D eigenvalue weighted by atomic mass is 19.1. The van der Waals surface area contributed by atoms with Crippen molar-refractivity contribution in [2.24, 2.45) is 5.41 Å². The Balaban J connectivity index is 1.71. The number of carbonyl (C=O) groups excluding carboxylic acids is 2. The third-order valence-electron chi connectivity index (χ3n) is 4.52. The molecule has 0 bridgehead atoms. The molecule has 2 amide bonds. The number of hydrogen-bond acceptors (Lipinski definition) is 2. The maximum absolute atomic E-state index is 12.9. The zero-order valence-electron chi connectivity index (χ0n) is 15.9. The van der Waals surface area contributed by atoms with Crippen molar-refractivity contribution in [2.75, 3.05) is 13.1 Å². The molecule has 0 aliphatic heterocycles. The summed E-state index contributed by atoms with van der Waals surface area (Å²) < 4.78 is 12.9. The summed E-state index contributed by atoms with van der Waals surface area (Å²) in [6.07, 6.45) is 2.28. The monoisotopic (exact) mass is 370 g/mol. The normalized spacial score (nSPS) is 11.1. The lowest BCUT2D eigenvalue weighted by Crippen LogP contribution is -2.48. The van der Waals surface area contributed by atoms with E-state index in [2.05, 4.69) is 22.8 Å². The van der Waals surface area contributed by atoms with Crippen molar-refractivity contribution >= 4 is 11.8 Å².